The summed E-state index contributed by atoms with van der Waals surface area (Å²) in [5, 5.41) is 0. The van der Waals surface area contributed by atoms with Gasteiger partial charge in [0.25, 0.3) is 5.91 Å². The molecule has 1 aliphatic rings. The van der Waals surface area contributed by atoms with Crippen LogP contribution >= 0.6 is 0 Å². The highest BCUT2D eigenvalue weighted by molar-refractivity contribution is 5.94. The Hall–Kier alpha value is -3.16. The molecule has 1 saturated heterocycles. The van der Waals surface area contributed by atoms with Crippen LogP contribution in [-0.2, 0) is 0 Å². The van der Waals surface area contributed by atoms with E-state index in [0.717, 1.165) is 5.75 Å². The van der Waals surface area contributed by atoms with Crippen LogP contribution in [0.15, 0.2) is 41.6 Å². The number of nitrogens with one attached hydrogen (secondary N) is 1. The van der Waals surface area contributed by atoms with Crippen LogP contribution in [0.3, 0.4) is 0 Å². The zero-order chi connectivity index (χ0) is 18.1. The summed E-state index contributed by atoms with van der Waals surface area (Å²) < 4.78 is 7.04. The van der Waals surface area contributed by atoms with Gasteiger partial charge in [0, 0.05) is 18.7 Å². The minimum atomic E-state index is -0.221. The third-order valence-electron chi connectivity index (χ3n) is 4.61. The number of hydrogen-bond donors (Lipinski definition) is 1. The molecule has 2 aromatic heterocycles. The SMILES string of the molecule is CCOc1ccc(C(=O)N2CC[C@H](n3c(=O)[nH]c4cncnc43)C2)cc1. The van der Waals surface area contributed by atoms with Crippen LogP contribution in [0, 0.1) is 0 Å². The van der Waals surface area contributed by atoms with Crippen molar-refractivity contribution in [3.05, 3.63) is 52.8 Å². The zero-order valence-corrected chi connectivity index (χ0v) is 14.4. The fourth-order valence-electron chi connectivity index (χ4n) is 3.39. The summed E-state index contributed by atoms with van der Waals surface area (Å²) in [6, 6.07) is 7.03. The lowest BCUT2D eigenvalue weighted by molar-refractivity contribution is 0.0787. The molecule has 134 valence electrons. The van der Waals surface area contributed by atoms with E-state index in [4.69, 9.17) is 4.74 Å². The fraction of sp³-hybridized carbons (Fsp3) is 0.333. The van der Waals surface area contributed by atoms with Gasteiger partial charge in [0.1, 0.15) is 17.6 Å². The number of hydrogen-bond acceptors (Lipinski definition) is 5. The number of benzene rings is 1. The Kier molecular flexibility index (Phi) is 4.16. The van der Waals surface area contributed by atoms with Gasteiger partial charge in [0.05, 0.1) is 18.8 Å². The van der Waals surface area contributed by atoms with E-state index in [1.54, 1.807) is 39.9 Å². The van der Waals surface area contributed by atoms with Crippen LogP contribution < -0.4 is 10.4 Å². The smallest absolute Gasteiger partial charge is 0.328 e. The third kappa shape index (κ3) is 2.83. The molecule has 0 saturated carbocycles. The van der Waals surface area contributed by atoms with Gasteiger partial charge in [0.2, 0.25) is 0 Å². The molecule has 1 aromatic carbocycles. The molecule has 0 unspecified atom stereocenters. The second-order valence-electron chi connectivity index (χ2n) is 6.21. The summed E-state index contributed by atoms with van der Waals surface area (Å²) in [6.07, 6.45) is 3.71. The maximum absolute atomic E-state index is 12.7. The summed E-state index contributed by atoms with van der Waals surface area (Å²) >= 11 is 0. The molecule has 1 atom stereocenters. The molecule has 1 amide bonds. The number of aromatic amines is 1. The number of imidazole rings is 1. The summed E-state index contributed by atoms with van der Waals surface area (Å²) in [5.41, 5.74) is 1.57. The average Bonchev–Trinajstić information content (AvgIpc) is 3.25. The van der Waals surface area contributed by atoms with Crippen LogP contribution in [0.4, 0.5) is 0 Å². The molecule has 8 nitrogen and oxygen atoms in total. The van der Waals surface area contributed by atoms with E-state index in [2.05, 4.69) is 15.0 Å². The number of likely N-dealkylation sites (tertiary alicyclic amines) is 1. The summed E-state index contributed by atoms with van der Waals surface area (Å²) in [4.78, 5) is 37.7. The maximum atomic E-state index is 12.7. The predicted octanol–water partition coefficient (Wildman–Crippen LogP) is 1.61. The molecule has 0 radical (unpaired) electrons. The number of rotatable bonds is 4. The molecule has 3 aromatic rings. The minimum absolute atomic E-state index is 0.0435. The van der Waals surface area contributed by atoms with Gasteiger partial charge in [-0.1, -0.05) is 0 Å². The summed E-state index contributed by atoms with van der Waals surface area (Å²) in [7, 11) is 0. The number of fused-ring (bicyclic) bond motifs is 1. The number of carbonyl (C=O) groups is 1. The monoisotopic (exact) mass is 353 g/mol. The van der Waals surface area contributed by atoms with E-state index in [-0.39, 0.29) is 17.6 Å². The van der Waals surface area contributed by atoms with Crippen molar-refractivity contribution in [3.63, 3.8) is 0 Å². The molecule has 0 spiro atoms. The van der Waals surface area contributed by atoms with Crippen LogP contribution in [0.2, 0.25) is 0 Å². The number of aromatic nitrogens is 4. The average molecular weight is 353 g/mol. The molecular formula is C18H19N5O3. The van der Waals surface area contributed by atoms with Crippen molar-refractivity contribution in [1.29, 1.82) is 0 Å². The molecule has 0 aliphatic carbocycles. The van der Waals surface area contributed by atoms with Crippen LogP contribution in [-0.4, -0.2) is 50.0 Å². The largest absolute Gasteiger partial charge is 0.494 e. The highest BCUT2D eigenvalue weighted by atomic mass is 16.5. The van der Waals surface area contributed by atoms with E-state index in [0.29, 0.717) is 42.8 Å². The molecule has 1 fully saturated rings. The van der Waals surface area contributed by atoms with Gasteiger partial charge in [-0.2, -0.15) is 0 Å². The van der Waals surface area contributed by atoms with Crippen molar-refractivity contribution in [3.8, 4) is 5.75 Å². The van der Waals surface area contributed by atoms with Crippen molar-refractivity contribution < 1.29 is 9.53 Å². The number of carbonyl (C=O) groups excluding carboxylic acids is 1. The lowest BCUT2D eigenvalue weighted by Gasteiger charge is -2.17. The highest BCUT2D eigenvalue weighted by Gasteiger charge is 2.30. The molecule has 0 bridgehead atoms. The minimum Gasteiger partial charge on any atom is -0.494 e. The second kappa shape index (κ2) is 6.62. The molecule has 3 heterocycles. The van der Waals surface area contributed by atoms with Crippen LogP contribution in [0.25, 0.3) is 11.2 Å². The number of ether oxygens (including phenoxy) is 1. The Balaban J connectivity index is 1.53. The summed E-state index contributed by atoms with van der Waals surface area (Å²) in [6.45, 7) is 3.58. The van der Waals surface area contributed by atoms with E-state index in [1.807, 2.05) is 6.92 Å². The second-order valence-corrected chi connectivity index (χ2v) is 6.21. The van der Waals surface area contributed by atoms with Crippen LogP contribution in [0.1, 0.15) is 29.7 Å². The maximum Gasteiger partial charge on any atom is 0.328 e. The quantitative estimate of drug-likeness (QED) is 0.769. The van der Waals surface area contributed by atoms with Crippen molar-refractivity contribution in [2.75, 3.05) is 19.7 Å². The van der Waals surface area contributed by atoms with Gasteiger partial charge in [-0.3, -0.25) is 9.36 Å². The van der Waals surface area contributed by atoms with E-state index < -0.39 is 0 Å². The van der Waals surface area contributed by atoms with Crippen molar-refractivity contribution in [2.24, 2.45) is 0 Å². The number of amides is 1. The first-order valence-electron chi connectivity index (χ1n) is 8.59. The van der Waals surface area contributed by atoms with Crippen molar-refractivity contribution >= 4 is 17.1 Å². The standard InChI is InChI=1S/C18H19N5O3/c1-2-26-14-5-3-12(4-6-14)17(24)22-8-7-13(10-22)23-16-15(21-18(23)25)9-19-11-20-16/h3-6,9,11,13H,2,7-8,10H2,1H3,(H,21,25)/t13-/m0/s1. The lowest BCUT2D eigenvalue weighted by Crippen LogP contribution is -2.30. The first-order chi connectivity index (χ1) is 12.7. The Bertz CT molecular complexity index is 992. The third-order valence-corrected chi connectivity index (χ3v) is 4.61. The van der Waals surface area contributed by atoms with Gasteiger partial charge in [-0.25, -0.2) is 14.8 Å². The van der Waals surface area contributed by atoms with Crippen molar-refractivity contribution in [1.82, 2.24) is 24.4 Å². The molecule has 1 N–H and O–H groups in total. The van der Waals surface area contributed by atoms with Crippen molar-refractivity contribution in [2.45, 2.75) is 19.4 Å². The Morgan fingerprint density at radius 2 is 2.15 bits per heavy atom. The molecule has 1 aliphatic heterocycles. The van der Waals surface area contributed by atoms with Gasteiger partial charge in [-0.05, 0) is 37.6 Å². The Morgan fingerprint density at radius 1 is 1.35 bits per heavy atom. The fourth-order valence-corrected chi connectivity index (χ4v) is 3.39. The number of nitrogens with zero attached hydrogens (tertiary/aromatic N) is 4. The van der Waals surface area contributed by atoms with Gasteiger partial charge < -0.3 is 14.6 Å². The Labute approximate surface area is 149 Å². The molecule has 26 heavy (non-hydrogen) atoms. The van der Waals surface area contributed by atoms with Crippen LogP contribution in [0.5, 0.6) is 5.75 Å². The van der Waals surface area contributed by atoms with E-state index >= 15 is 0 Å². The van der Waals surface area contributed by atoms with E-state index in [1.165, 1.54) is 6.33 Å². The lowest BCUT2D eigenvalue weighted by atomic mass is 10.2. The molecule has 8 heteroatoms. The summed E-state index contributed by atoms with van der Waals surface area (Å²) in [5.74, 6) is 0.700. The van der Waals surface area contributed by atoms with Gasteiger partial charge in [-0.15, -0.1) is 0 Å². The number of H-pyrrole nitrogens is 1. The first kappa shape index (κ1) is 16.3. The molecule has 4 rings (SSSR count). The first-order valence-corrected chi connectivity index (χ1v) is 8.59. The van der Waals surface area contributed by atoms with Gasteiger partial charge in [0.15, 0.2) is 5.65 Å². The van der Waals surface area contributed by atoms with Gasteiger partial charge >= 0.3 is 5.69 Å². The van der Waals surface area contributed by atoms with E-state index in [9.17, 15) is 9.59 Å². The normalized spacial score (nSPS) is 17.0. The zero-order valence-electron chi connectivity index (χ0n) is 14.4. The highest BCUT2D eigenvalue weighted by Crippen LogP contribution is 2.25. The Morgan fingerprint density at radius 3 is 2.92 bits per heavy atom. The topological polar surface area (TPSA) is 93.1 Å². The predicted molar refractivity (Wildman–Crippen MR) is 95.3 cm³/mol. The molecular weight excluding hydrogens is 334 g/mol.